The number of para-hydroxylation sites is 1. The van der Waals surface area contributed by atoms with Crippen molar-refractivity contribution in [2.24, 2.45) is 0 Å². The lowest BCUT2D eigenvalue weighted by Crippen LogP contribution is -2.00. The largest absolute Gasteiger partial charge is 0.493 e. The van der Waals surface area contributed by atoms with Crippen molar-refractivity contribution in [3.8, 4) is 11.8 Å². The van der Waals surface area contributed by atoms with E-state index in [1.807, 2.05) is 48.5 Å². The van der Waals surface area contributed by atoms with E-state index in [2.05, 4.69) is 16.0 Å². The number of rotatable bonds is 6. The van der Waals surface area contributed by atoms with Crippen LogP contribution in [0.5, 0.6) is 5.75 Å². The molecule has 2 aromatic carbocycles. The number of ether oxygens (including phenoxy) is 1. The van der Waals surface area contributed by atoms with Gasteiger partial charge in [0.15, 0.2) is 0 Å². The third-order valence-corrected chi connectivity index (χ3v) is 4.27. The fourth-order valence-corrected chi connectivity index (χ4v) is 3.00. The highest BCUT2D eigenvalue weighted by Crippen LogP contribution is 2.24. The van der Waals surface area contributed by atoms with Crippen LogP contribution in [0, 0.1) is 11.3 Å². The quantitative estimate of drug-likeness (QED) is 0.392. The highest BCUT2D eigenvalue weighted by atomic mass is 32.2. The highest BCUT2D eigenvalue weighted by molar-refractivity contribution is 7.99. The molecule has 0 radical (unpaired) electrons. The molecule has 0 N–H and O–H groups in total. The molecule has 0 spiro atoms. The van der Waals surface area contributed by atoms with E-state index in [-0.39, 0.29) is 0 Å². The zero-order valence-corrected chi connectivity index (χ0v) is 13.3. The molecule has 0 saturated carbocycles. The molecule has 23 heavy (non-hydrogen) atoms. The summed E-state index contributed by atoms with van der Waals surface area (Å²) < 4.78 is 5.73. The molecule has 1 aromatic heterocycles. The number of benzene rings is 2. The lowest BCUT2D eigenvalue weighted by Gasteiger charge is -2.07. The van der Waals surface area contributed by atoms with Crippen LogP contribution >= 0.6 is 11.8 Å². The molecule has 0 saturated heterocycles. The van der Waals surface area contributed by atoms with Gasteiger partial charge in [-0.05, 0) is 23.8 Å². The van der Waals surface area contributed by atoms with Crippen LogP contribution in [0.4, 0.5) is 0 Å². The van der Waals surface area contributed by atoms with E-state index in [9.17, 15) is 0 Å². The van der Waals surface area contributed by atoms with Crippen LogP contribution in [0.1, 0.15) is 5.56 Å². The summed E-state index contributed by atoms with van der Waals surface area (Å²) in [6.07, 6.45) is 2.02. The van der Waals surface area contributed by atoms with Crippen LogP contribution < -0.4 is 4.74 Å². The topological polar surface area (TPSA) is 58.8 Å². The number of nitrogens with zero attached hydrogens (tertiary/aromatic N) is 3. The van der Waals surface area contributed by atoms with Gasteiger partial charge in [-0.3, -0.25) is 0 Å². The zero-order valence-electron chi connectivity index (χ0n) is 12.5. The molecule has 114 valence electrons. The van der Waals surface area contributed by atoms with Gasteiger partial charge < -0.3 is 4.74 Å². The summed E-state index contributed by atoms with van der Waals surface area (Å²) in [5.74, 6) is 1.63. The van der Waals surface area contributed by atoms with Gasteiger partial charge in [0, 0.05) is 11.1 Å². The first kappa shape index (κ1) is 15.3. The van der Waals surface area contributed by atoms with E-state index in [0.717, 1.165) is 33.0 Å². The number of aromatic nitrogens is 2. The molecular weight excluding hydrogens is 306 g/mol. The second-order valence-electron chi connectivity index (χ2n) is 4.87. The summed E-state index contributed by atoms with van der Waals surface area (Å²) in [6, 6.07) is 17.8. The Morgan fingerprint density at radius 1 is 1.04 bits per heavy atom. The van der Waals surface area contributed by atoms with Crippen molar-refractivity contribution in [3.63, 3.8) is 0 Å². The molecule has 0 unspecified atom stereocenters. The van der Waals surface area contributed by atoms with Gasteiger partial charge in [0.05, 0.1) is 24.6 Å². The maximum absolute atomic E-state index is 8.65. The molecule has 0 aliphatic heterocycles. The fraction of sp³-hybridized carbons (Fsp3) is 0.167. The summed E-state index contributed by atoms with van der Waals surface area (Å²) in [5, 5.41) is 10.7. The van der Waals surface area contributed by atoms with Gasteiger partial charge >= 0.3 is 0 Å². The van der Waals surface area contributed by atoms with Crippen molar-refractivity contribution in [2.75, 3.05) is 12.4 Å². The van der Waals surface area contributed by atoms with E-state index in [1.165, 1.54) is 0 Å². The van der Waals surface area contributed by atoms with Crippen LogP contribution in [0.3, 0.4) is 0 Å². The van der Waals surface area contributed by atoms with Crippen molar-refractivity contribution in [1.29, 1.82) is 5.26 Å². The van der Waals surface area contributed by atoms with Crippen LogP contribution in [-0.4, -0.2) is 22.3 Å². The minimum Gasteiger partial charge on any atom is -0.493 e. The summed E-state index contributed by atoms with van der Waals surface area (Å²) >= 11 is 1.66. The number of hydrogen-bond donors (Lipinski definition) is 0. The Labute approximate surface area is 139 Å². The van der Waals surface area contributed by atoms with Crippen molar-refractivity contribution in [2.45, 2.75) is 11.4 Å². The molecule has 0 bridgehead atoms. The van der Waals surface area contributed by atoms with Crippen molar-refractivity contribution in [1.82, 2.24) is 9.97 Å². The third kappa shape index (κ3) is 3.99. The second-order valence-corrected chi connectivity index (χ2v) is 5.96. The zero-order chi connectivity index (χ0) is 15.9. The van der Waals surface area contributed by atoms with E-state index in [4.69, 9.17) is 10.00 Å². The molecule has 4 nitrogen and oxygen atoms in total. The lowest BCUT2D eigenvalue weighted by molar-refractivity contribution is 0.344. The highest BCUT2D eigenvalue weighted by Gasteiger charge is 2.03. The Morgan fingerprint density at radius 3 is 2.70 bits per heavy atom. The minimum absolute atomic E-state index is 0.427. The third-order valence-electron chi connectivity index (χ3n) is 3.30. The minimum atomic E-state index is 0.427. The predicted octanol–water partition coefficient (Wildman–Crippen LogP) is 3.87. The first-order chi connectivity index (χ1) is 11.4. The SMILES string of the molecule is N#CCc1ccc(OCCSc2ncnc3ccccc23)cc1. The second kappa shape index (κ2) is 7.61. The molecular formula is C18H15N3OS. The fourth-order valence-electron chi connectivity index (χ4n) is 2.19. The van der Waals surface area contributed by atoms with Crippen molar-refractivity contribution >= 4 is 22.7 Å². The summed E-state index contributed by atoms with van der Waals surface area (Å²) in [6.45, 7) is 0.598. The molecule has 3 aromatic rings. The van der Waals surface area contributed by atoms with Crippen molar-refractivity contribution in [3.05, 3.63) is 60.4 Å². The molecule has 0 amide bonds. The Bertz CT molecular complexity index is 822. The van der Waals surface area contributed by atoms with Crippen LogP contribution in [0.25, 0.3) is 10.9 Å². The molecule has 0 aliphatic carbocycles. The lowest BCUT2D eigenvalue weighted by atomic mass is 10.2. The summed E-state index contributed by atoms with van der Waals surface area (Å²) in [5.41, 5.74) is 1.96. The monoisotopic (exact) mass is 321 g/mol. The average molecular weight is 321 g/mol. The van der Waals surface area contributed by atoms with Crippen LogP contribution in [0.15, 0.2) is 59.9 Å². The Morgan fingerprint density at radius 2 is 1.87 bits per heavy atom. The molecule has 0 atom stereocenters. The van der Waals surface area contributed by atoms with Gasteiger partial charge in [-0.25, -0.2) is 9.97 Å². The molecule has 3 rings (SSSR count). The van der Waals surface area contributed by atoms with Gasteiger partial charge in [-0.2, -0.15) is 5.26 Å². The number of hydrogen-bond acceptors (Lipinski definition) is 5. The van der Waals surface area contributed by atoms with E-state index in [1.54, 1.807) is 18.1 Å². The molecule has 1 heterocycles. The summed E-state index contributed by atoms with van der Waals surface area (Å²) in [7, 11) is 0. The first-order valence-corrected chi connectivity index (χ1v) is 8.26. The van der Waals surface area contributed by atoms with E-state index in [0.29, 0.717) is 13.0 Å². The molecule has 0 aliphatic rings. The Kier molecular flexibility index (Phi) is 5.07. The van der Waals surface area contributed by atoms with Gasteiger partial charge in [-0.1, -0.05) is 30.3 Å². The molecule has 5 heteroatoms. The first-order valence-electron chi connectivity index (χ1n) is 7.28. The van der Waals surface area contributed by atoms with Gasteiger partial charge in [-0.15, -0.1) is 11.8 Å². The number of fused-ring (bicyclic) bond motifs is 1. The predicted molar refractivity (Wildman–Crippen MR) is 91.5 cm³/mol. The summed E-state index contributed by atoms with van der Waals surface area (Å²) in [4.78, 5) is 8.61. The standard InChI is InChI=1S/C18H15N3OS/c19-10-9-14-5-7-15(8-6-14)22-11-12-23-18-16-3-1-2-4-17(16)20-13-21-18/h1-8,13H,9,11-12H2. The normalized spacial score (nSPS) is 10.4. The Hall–Kier alpha value is -2.58. The van der Waals surface area contributed by atoms with Gasteiger partial charge in [0.25, 0.3) is 0 Å². The van der Waals surface area contributed by atoms with Gasteiger partial charge in [0.1, 0.15) is 17.1 Å². The van der Waals surface area contributed by atoms with Crippen molar-refractivity contribution < 1.29 is 4.74 Å². The van der Waals surface area contributed by atoms with Crippen LogP contribution in [0.2, 0.25) is 0 Å². The number of nitriles is 1. The van der Waals surface area contributed by atoms with Crippen LogP contribution in [-0.2, 0) is 6.42 Å². The van der Waals surface area contributed by atoms with E-state index < -0.39 is 0 Å². The van der Waals surface area contributed by atoms with Gasteiger partial charge in [0.2, 0.25) is 0 Å². The Balaban J connectivity index is 1.54. The number of thioether (sulfide) groups is 1. The average Bonchev–Trinajstić information content (AvgIpc) is 2.60. The smallest absolute Gasteiger partial charge is 0.119 e. The molecule has 0 fully saturated rings. The van der Waals surface area contributed by atoms with E-state index >= 15 is 0 Å². The maximum atomic E-state index is 8.65. The maximum Gasteiger partial charge on any atom is 0.119 e.